The topological polar surface area (TPSA) is 75.7 Å². The van der Waals surface area contributed by atoms with E-state index in [0.29, 0.717) is 21.9 Å². The summed E-state index contributed by atoms with van der Waals surface area (Å²) in [4.78, 5) is 39.2. The van der Waals surface area contributed by atoms with Crippen LogP contribution in [0.15, 0.2) is 35.5 Å². The molecule has 7 heteroatoms. The van der Waals surface area contributed by atoms with E-state index in [1.165, 1.54) is 4.90 Å². The summed E-state index contributed by atoms with van der Waals surface area (Å²) in [6.07, 6.45) is 0.836. The average Bonchev–Trinajstić information content (AvgIpc) is 2.65. The van der Waals surface area contributed by atoms with Gasteiger partial charge in [0.2, 0.25) is 11.8 Å². The lowest BCUT2D eigenvalue weighted by molar-refractivity contribution is -0.141. The first-order chi connectivity index (χ1) is 13.3. The van der Waals surface area contributed by atoms with Crippen LogP contribution in [0, 0.1) is 0 Å². The summed E-state index contributed by atoms with van der Waals surface area (Å²) in [5.41, 5.74) is 1.49. The molecular weight excluding hydrogens is 380 g/mol. The highest BCUT2D eigenvalue weighted by Gasteiger charge is 2.38. The van der Waals surface area contributed by atoms with Gasteiger partial charge in [-0.15, -0.1) is 0 Å². The smallest absolute Gasteiger partial charge is 0.336 e. The van der Waals surface area contributed by atoms with Gasteiger partial charge in [0.1, 0.15) is 6.54 Å². The van der Waals surface area contributed by atoms with E-state index in [4.69, 9.17) is 16.3 Å². The summed E-state index contributed by atoms with van der Waals surface area (Å²) in [7, 11) is 0. The van der Waals surface area contributed by atoms with Crippen molar-refractivity contribution in [2.75, 3.05) is 13.2 Å². The van der Waals surface area contributed by atoms with Crippen LogP contribution >= 0.6 is 11.6 Å². The monoisotopic (exact) mass is 406 g/mol. The molecule has 0 saturated carbocycles. The van der Waals surface area contributed by atoms with Crippen LogP contribution in [-0.4, -0.2) is 41.9 Å². The van der Waals surface area contributed by atoms with E-state index in [1.807, 2.05) is 19.9 Å². The van der Waals surface area contributed by atoms with Gasteiger partial charge < -0.3 is 15.0 Å². The Morgan fingerprint density at radius 2 is 2.00 bits per heavy atom. The van der Waals surface area contributed by atoms with Crippen LogP contribution in [0.25, 0.3) is 0 Å². The molecule has 152 valence electrons. The number of benzene rings is 1. The number of esters is 1. The zero-order valence-electron chi connectivity index (χ0n) is 16.8. The minimum absolute atomic E-state index is 0.0112. The second-order valence-corrected chi connectivity index (χ2v) is 7.26. The number of allylic oxidation sites excluding steroid dienone is 1. The van der Waals surface area contributed by atoms with Gasteiger partial charge in [-0.3, -0.25) is 9.59 Å². The van der Waals surface area contributed by atoms with Gasteiger partial charge in [0.05, 0.1) is 12.2 Å². The van der Waals surface area contributed by atoms with Crippen molar-refractivity contribution in [3.8, 4) is 0 Å². The summed E-state index contributed by atoms with van der Waals surface area (Å²) in [5.74, 6) is -1.49. The highest BCUT2D eigenvalue weighted by molar-refractivity contribution is 6.31. The summed E-state index contributed by atoms with van der Waals surface area (Å²) < 4.78 is 5.24. The maximum absolute atomic E-state index is 12.8. The van der Waals surface area contributed by atoms with Crippen molar-refractivity contribution in [2.45, 2.75) is 52.5 Å². The van der Waals surface area contributed by atoms with E-state index < -0.39 is 11.9 Å². The summed E-state index contributed by atoms with van der Waals surface area (Å²) in [5, 5.41) is 3.33. The lowest BCUT2D eigenvalue weighted by atomic mass is 9.83. The van der Waals surface area contributed by atoms with Gasteiger partial charge in [-0.2, -0.15) is 0 Å². The molecule has 0 spiro atoms. The molecule has 1 heterocycles. The highest BCUT2D eigenvalue weighted by atomic mass is 35.5. The lowest BCUT2D eigenvalue weighted by Gasteiger charge is -2.34. The van der Waals surface area contributed by atoms with Crippen LogP contribution in [0.5, 0.6) is 0 Å². The normalized spacial score (nSPS) is 18.1. The first-order valence-corrected chi connectivity index (χ1v) is 9.89. The van der Waals surface area contributed by atoms with Crippen LogP contribution in [0.1, 0.15) is 52.0 Å². The fraction of sp³-hybridized carbons (Fsp3) is 0.476. The third-order valence-electron chi connectivity index (χ3n) is 4.92. The molecule has 1 aliphatic heterocycles. The molecule has 1 aromatic rings. The Bertz CT molecular complexity index is 790. The largest absolute Gasteiger partial charge is 0.463 e. The van der Waals surface area contributed by atoms with Crippen LogP contribution in [0.3, 0.4) is 0 Å². The van der Waals surface area contributed by atoms with E-state index in [1.54, 1.807) is 32.0 Å². The van der Waals surface area contributed by atoms with Gasteiger partial charge in [0, 0.05) is 29.1 Å². The van der Waals surface area contributed by atoms with Crippen LogP contribution in [0.4, 0.5) is 0 Å². The number of hydrogen-bond donors (Lipinski definition) is 1. The van der Waals surface area contributed by atoms with Gasteiger partial charge in [-0.1, -0.05) is 36.7 Å². The number of halogens is 1. The van der Waals surface area contributed by atoms with Crippen molar-refractivity contribution in [3.63, 3.8) is 0 Å². The third-order valence-corrected chi connectivity index (χ3v) is 5.26. The minimum atomic E-state index is -0.505. The Balaban J connectivity index is 2.42. The Morgan fingerprint density at radius 1 is 1.32 bits per heavy atom. The zero-order valence-corrected chi connectivity index (χ0v) is 17.5. The van der Waals surface area contributed by atoms with Gasteiger partial charge in [-0.25, -0.2) is 4.79 Å². The van der Waals surface area contributed by atoms with E-state index in [-0.39, 0.29) is 37.4 Å². The van der Waals surface area contributed by atoms with Crippen molar-refractivity contribution >= 4 is 29.4 Å². The SMILES string of the molecule is CCOC(=O)C1=C(C)N(CC(=O)N[C@H](C)CC)C(=O)C[C@@H]1c1ccccc1Cl. The Labute approximate surface area is 170 Å². The molecule has 1 aliphatic rings. The zero-order chi connectivity index (χ0) is 20.8. The van der Waals surface area contributed by atoms with Crippen molar-refractivity contribution in [1.82, 2.24) is 10.2 Å². The number of carbonyl (C=O) groups is 3. The minimum Gasteiger partial charge on any atom is -0.463 e. The molecule has 0 aromatic heterocycles. The second kappa shape index (κ2) is 9.73. The molecule has 0 unspecified atom stereocenters. The predicted molar refractivity (Wildman–Crippen MR) is 108 cm³/mol. The number of rotatable bonds is 7. The van der Waals surface area contributed by atoms with Gasteiger partial charge in [0.15, 0.2) is 0 Å². The van der Waals surface area contributed by atoms with E-state index >= 15 is 0 Å². The molecule has 0 saturated heterocycles. The molecule has 2 amide bonds. The molecule has 0 aliphatic carbocycles. The lowest BCUT2D eigenvalue weighted by Crippen LogP contribution is -2.45. The molecule has 0 fully saturated rings. The van der Waals surface area contributed by atoms with E-state index in [9.17, 15) is 14.4 Å². The van der Waals surface area contributed by atoms with Crippen molar-refractivity contribution in [2.24, 2.45) is 0 Å². The number of amides is 2. The number of hydrogen-bond acceptors (Lipinski definition) is 4. The average molecular weight is 407 g/mol. The molecule has 6 nitrogen and oxygen atoms in total. The Hall–Kier alpha value is -2.34. The fourth-order valence-corrected chi connectivity index (χ4v) is 3.53. The molecule has 1 aromatic carbocycles. The Morgan fingerprint density at radius 3 is 2.61 bits per heavy atom. The predicted octanol–water partition coefficient (Wildman–Crippen LogP) is 3.41. The van der Waals surface area contributed by atoms with Crippen molar-refractivity contribution < 1.29 is 19.1 Å². The summed E-state index contributed by atoms with van der Waals surface area (Å²) in [6.45, 7) is 7.35. The first kappa shape index (κ1) is 22.0. The van der Waals surface area contributed by atoms with Gasteiger partial charge in [-0.05, 0) is 38.8 Å². The van der Waals surface area contributed by atoms with Crippen molar-refractivity contribution in [3.05, 3.63) is 46.1 Å². The quantitative estimate of drug-likeness (QED) is 0.704. The van der Waals surface area contributed by atoms with Crippen LogP contribution < -0.4 is 5.32 Å². The molecule has 0 bridgehead atoms. The van der Waals surface area contributed by atoms with Crippen LogP contribution in [0.2, 0.25) is 5.02 Å². The number of ether oxygens (including phenoxy) is 1. The molecule has 0 radical (unpaired) electrons. The molecule has 1 N–H and O–H groups in total. The standard InChI is InChI=1S/C21H27ClN2O4/c1-5-13(3)23-18(25)12-24-14(4)20(21(27)28-6-2)16(11-19(24)26)15-9-7-8-10-17(15)22/h7-10,13,16H,5-6,11-12H2,1-4H3,(H,23,25)/t13-,16-/m1/s1. The fourth-order valence-electron chi connectivity index (χ4n) is 3.27. The maximum atomic E-state index is 12.8. The van der Waals surface area contributed by atoms with Gasteiger partial charge in [0.25, 0.3) is 0 Å². The number of carbonyl (C=O) groups excluding carboxylic acids is 3. The maximum Gasteiger partial charge on any atom is 0.336 e. The molecule has 2 rings (SSSR count). The van der Waals surface area contributed by atoms with Crippen LogP contribution in [-0.2, 0) is 19.1 Å². The third kappa shape index (κ3) is 4.93. The molecule has 2 atom stereocenters. The summed E-state index contributed by atoms with van der Waals surface area (Å²) >= 11 is 6.33. The number of nitrogens with zero attached hydrogens (tertiary/aromatic N) is 1. The van der Waals surface area contributed by atoms with E-state index in [2.05, 4.69) is 5.32 Å². The van der Waals surface area contributed by atoms with Crippen molar-refractivity contribution in [1.29, 1.82) is 0 Å². The van der Waals surface area contributed by atoms with Gasteiger partial charge >= 0.3 is 5.97 Å². The first-order valence-electron chi connectivity index (χ1n) is 9.52. The summed E-state index contributed by atoms with van der Waals surface area (Å²) in [6, 6.07) is 7.15. The molecule has 28 heavy (non-hydrogen) atoms. The second-order valence-electron chi connectivity index (χ2n) is 6.85. The Kier molecular flexibility index (Phi) is 7.63. The van der Waals surface area contributed by atoms with E-state index in [0.717, 1.165) is 6.42 Å². The highest BCUT2D eigenvalue weighted by Crippen LogP contribution is 2.39. The number of nitrogens with one attached hydrogen (secondary N) is 1. The molecular formula is C21H27ClN2O4.